The van der Waals surface area contributed by atoms with Crippen molar-refractivity contribution in [1.29, 1.82) is 0 Å². The zero-order chi connectivity index (χ0) is 16.0. The lowest BCUT2D eigenvalue weighted by molar-refractivity contribution is 0.389. The highest BCUT2D eigenvalue weighted by Crippen LogP contribution is 2.43. The van der Waals surface area contributed by atoms with Gasteiger partial charge in [0.2, 0.25) is 0 Å². The van der Waals surface area contributed by atoms with Gasteiger partial charge in [-0.25, -0.2) is 4.68 Å². The fourth-order valence-electron chi connectivity index (χ4n) is 3.93. The van der Waals surface area contributed by atoms with Gasteiger partial charge in [0.1, 0.15) is 11.4 Å². The summed E-state index contributed by atoms with van der Waals surface area (Å²) >= 11 is 0. The summed E-state index contributed by atoms with van der Waals surface area (Å²) in [6, 6.07) is 10.6. The molecule has 1 aromatic carbocycles. The average molecular weight is 321 g/mol. The Labute approximate surface area is 139 Å². The zero-order valence-corrected chi connectivity index (χ0v) is 13.3. The average Bonchev–Trinajstić information content (AvgIpc) is 3.40. The topological polar surface area (TPSA) is 73.5 Å². The Morgan fingerprint density at radius 3 is 2.75 bits per heavy atom. The van der Waals surface area contributed by atoms with E-state index in [-0.39, 0.29) is 5.54 Å². The fraction of sp³-hybridized carbons (Fsp3) is 0.412. The highest BCUT2D eigenvalue weighted by molar-refractivity contribution is 5.28. The number of aromatic nitrogens is 6. The third kappa shape index (κ3) is 2.24. The van der Waals surface area contributed by atoms with E-state index in [9.17, 15) is 0 Å². The summed E-state index contributed by atoms with van der Waals surface area (Å²) in [7, 11) is 0. The molecule has 5 rings (SSSR count). The number of nitrogens with zero attached hydrogens (tertiary/aromatic N) is 6. The molecule has 2 bridgehead atoms. The van der Waals surface area contributed by atoms with Crippen molar-refractivity contribution in [3.63, 3.8) is 0 Å². The standard InChI is InChI=1S/C17H19N7/c1-2-4-15(5-3-1)24-18-10-14(21-24)11-23-12-16(20-22-23)17-8-6-13(19-17)7-9-17/h1-5,10,12-13,19H,6-9,11H2. The molecule has 7 heteroatoms. The van der Waals surface area contributed by atoms with E-state index in [2.05, 4.69) is 32.0 Å². The Morgan fingerprint density at radius 2 is 2.00 bits per heavy atom. The molecule has 7 nitrogen and oxygen atoms in total. The minimum Gasteiger partial charge on any atom is -0.303 e. The molecule has 3 aromatic rings. The molecule has 0 amide bonds. The number of nitrogens with one attached hydrogen (secondary N) is 1. The molecular weight excluding hydrogens is 302 g/mol. The van der Waals surface area contributed by atoms with Crippen LogP contribution >= 0.6 is 0 Å². The Kier molecular flexibility index (Phi) is 3.02. The Hall–Kier alpha value is -2.54. The fourth-order valence-corrected chi connectivity index (χ4v) is 3.93. The van der Waals surface area contributed by atoms with Crippen LogP contribution in [0.3, 0.4) is 0 Å². The lowest BCUT2D eigenvalue weighted by atomic mass is 9.86. The smallest absolute Gasteiger partial charge is 0.105 e. The van der Waals surface area contributed by atoms with Crippen LogP contribution in [0.15, 0.2) is 42.7 Å². The SMILES string of the molecule is c1ccc(-n2ncc(Cn3cc(C45CCC(CC4)N5)nn3)n2)cc1. The van der Waals surface area contributed by atoms with Crippen molar-refractivity contribution in [3.05, 3.63) is 54.1 Å². The van der Waals surface area contributed by atoms with E-state index in [4.69, 9.17) is 0 Å². The van der Waals surface area contributed by atoms with E-state index in [1.165, 1.54) is 25.7 Å². The monoisotopic (exact) mass is 321 g/mol. The Morgan fingerprint density at radius 1 is 1.17 bits per heavy atom. The van der Waals surface area contributed by atoms with Crippen molar-refractivity contribution >= 4 is 0 Å². The molecule has 2 aromatic heterocycles. The van der Waals surface area contributed by atoms with Gasteiger partial charge in [0.25, 0.3) is 0 Å². The molecule has 2 aliphatic heterocycles. The molecule has 2 saturated heterocycles. The highest BCUT2D eigenvalue weighted by atomic mass is 15.5. The maximum atomic E-state index is 4.53. The highest BCUT2D eigenvalue weighted by Gasteiger charge is 2.47. The van der Waals surface area contributed by atoms with Gasteiger partial charge in [-0.05, 0) is 37.8 Å². The summed E-state index contributed by atoms with van der Waals surface area (Å²) in [5.41, 5.74) is 2.95. The summed E-state index contributed by atoms with van der Waals surface area (Å²) in [4.78, 5) is 1.64. The third-order valence-corrected chi connectivity index (χ3v) is 5.20. The molecule has 122 valence electrons. The van der Waals surface area contributed by atoms with Gasteiger partial charge in [0.15, 0.2) is 0 Å². The van der Waals surface area contributed by atoms with Gasteiger partial charge in [-0.3, -0.25) is 0 Å². The van der Waals surface area contributed by atoms with Crippen molar-refractivity contribution in [3.8, 4) is 5.69 Å². The predicted molar refractivity (Wildman–Crippen MR) is 87.6 cm³/mol. The number of hydrogen-bond acceptors (Lipinski definition) is 5. The molecule has 0 atom stereocenters. The molecule has 0 aliphatic carbocycles. The van der Waals surface area contributed by atoms with Gasteiger partial charge in [0.05, 0.1) is 30.2 Å². The Bertz CT molecular complexity index is 843. The van der Waals surface area contributed by atoms with E-state index in [0.717, 1.165) is 17.1 Å². The maximum absolute atomic E-state index is 4.53. The first kappa shape index (κ1) is 13.9. The normalized spacial score (nSPS) is 25.4. The molecule has 0 radical (unpaired) electrons. The van der Waals surface area contributed by atoms with Crippen molar-refractivity contribution in [2.75, 3.05) is 0 Å². The number of hydrogen-bond donors (Lipinski definition) is 1. The van der Waals surface area contributed by atoms with E-state index in [0.29, 0.717) is 12.6 Å². The molecule has 0 spiro atoms. The lowest BCUT2D eigenvalue weighted by Crippen LogP contribution is -2.33. The van der Waals surface area contributed by atoms with Crippen molar-refractivity contribution in [1.82, 2.24) is 35.3 Å². The van der Waals surface area contributed by atoms with Crippen molar-refractivity contribution in [2.24, 2.45) is 0 Å². The molecule has 0 saturated carbocycles. The molecule has 1 N–H and O–H groups in total. The van der Waals surface area contributed by atoms with Crippen LogP contribution < -0.4 is 5.32 Å². The van der Waals surface area contributed by atoms with Gasteiger partial charge in [-0.1, -0.05) is 23.4 Å². The van der Waals surface area contributed by atoms with E-state index in [1.807, 2.05) is 35.0 Å². The number of rotatable bonds is 4. The second-order valence-corrected chi connectivity index (χ2v) is 6.76. The van der Waals surface area contributed by atoms with Gasteiger partial charge in [-0.15, -0.1) is 5.10 Å². The summed E-state index contributed by atoms with van der Waals surface area (Å²) in [5, 5.41) is 21.3. The minimum atomic E-state index is 0.0601. The second-order valence-electron chi connectivity index (χ2n) is 6.76. The van der Waals surface area contributed by atoms with Gasteiger partial charge < -0.3 is 5.32 Å². The Balaban J connectivity index is 1.35. The minimum absolute atomic E-state index is 0.0601. The molecule has 4 heterocycles. The summed E-state index contributed by atoms with van der Waals surface area (Å²) in [5.74, 6) is 0. The van der Waals surface area contributed by atoms with Crippen LogP contribution in [-0.4, -0.2) is 36.0 Å². The van der Waals surface area contributed by atoms with Crippen molar-refractivity contribution < 1.29 is 0 Å². The molecule has 24 heavy (non-hydrogen) atoms. The van der Waals surface area contributed by atoms with Gasteiger partial charge >= 0.3 is 0 Å². The third-order valence-electron chi connectivity index (χ3n) is 5.20. The number of fused-ring (bicyclic) bond motifs is 2. The molecule has 2 aliphatic rings. The first-order valence-electron chi connectivity index (χ1n) is 8.46. The lowest BCUT2D eigenvalue weighted by Gasteiger charge is -2.22. The zero-order valence-electron chi connectivity index (χ0n) is 13.3. The molecule has 2 fully saturated rings. The van der Waals surface area contributed by atoms with Gasteiger partial charge in [-0.2, -0.15) is 15.0 Å². The number of benzene rings is 1. The van der Waals surface area contributed by atoms with Gasteiger partial charge in [0, 0.05) is 6.04 Å². The van der Waals surface area contributed by atoms with Crippen LogP contribution in [0.2, 0.25) is 0 Å². The van der Waals surface area contributed by atoms with E-state index in [1.54, 1.807) is 11.0 Å². The second kappa shape index (κ2) is 5.24. The molecular formula is C17H19N7. The first-order chi connectivity index (χ1) is 11.8. The summed E-state index contributed by atoms with van der Waals surface area (Å²) in [6.45, 7) is 0.583. The number of para-hydroxylation sites is 1. The van der Waals surface area contributed by atoms with Crippen LogP contribution in [0.5, 0.6) is 0 Å². The van der Waals surface area contributed by atoms with Crippen molar-refractivity contribution in [2.45, 2.75) is 43.8 Å². The predicted octanol–water partition coefficient (Wildman–Crippen LogP) is 1.65. The maximum Gasteiger partial charge on any atom is 0.105 e. The van der Waals surface area contributed by atoms with Crippen LogP contribution in [-0.2, 0) is 12.1 Å². The van der Waals surface area contributed by atoms with Crippen LogP contribution in [0, 0.1) is 0 Å². The van der Waals surface area contributed by atoms with Crippen LogP contribution in [0.1, 0.15) is 37.1 Å². The van der Waals surface area contributed by atoms with Crippen LogP contribution in [0.4, 0.5) is 0 Å². The molecule has 0 unspecified atom stereocenters. The largest absolute Gasteiger partial charge is 0.303 e. The van der Waals surface area contributed by atoms with Crippen LogP contribution in [0.25, 0.3) is 5.69 Å². The quantitative estimate of drug-likeness (QED) is 0.791. The summed E-state index contributed by atoms with van der Waals surface area (Å²) in [6.07, 6.45) is 8.67. The van der Waals surface area contributed by atoms with E-state index < -0.39 is 0 Å². The first-order valence-corrected chi connectivity index (χ1v) is 8.46. The van der Waals surface area contributed by atoms with E-state index >= 15 is 0 Å². The summed E-state index contributed by atoms with van der Waals surface area (Å²) < 4.78 is 1.86.